The van der Waals surface area contributed by atoms with Crippen LogP contribution in [-0.4, -0.2) is 19.0 Å². The summed E-state index contributed by atoms with van der Waals surface area (Å²) in [5.74, 6) is 0.591. The predicted octanol–water partition coefficient (Wildman–Crippen LogP) is 6.03. The summed E-state index contributed by atoms with van der Waals surface area (Å²) < 4.78 is 17.5. The zero-order valence-corrected chi connectivity index (χ0v) is 18.8. The molecule has 7 heteroatoms. The summed E-state index contributed by atoms with van der Waals surface area (Å²) >= 11 is 9.90. The van der Waals surface area contributed by atoms with E-state index in [9.17, 15) is 4.79 Å². The van der Waals surface area contributed by atoms with Gasteiger partial charge in [0.15, 0.2) is 17.2 Å². The zero-order chi connectivity index (χ0) is 21.8. The molecule has 0 fully saturated rings. The second kappa shape index (κ2) is 9.37. The van der Waals surface area contributed by atoms with Crippen LogP contribution in [0.2, 0.25) is 5.02 Å². The van der Waals surface area contributed by atoms with Gasteiger partial charge < -0.3 is 14.2 Å². The van der Waals surface area contributed by atoms with Crippen molar-refractivity contribution in [3.05, 3.63) is 98.6 Å². The minimum Gasteiger partial charge on any atom is -0.493 e. The van der Waals surface area contributed by atoms with Crippen LogP contribution in [0.1, 0.15) is 16.7 Å². The lowest BCUT2D eigenvalue weighted by Crippen LogP contribution is -2.05. The van der Waals surface area contributed by atoms with Crippen LogP contribution in [0.4, 0.5) is 0 Å². The standard InChI is InChI=1S/C24H17BrClNO4/c1-29-21-13-16(11-19(26)22(21)30-14-15-7-3-2-4-8-15)12-20-24(28)31-23(27-20)17-9-5-6-10-18(17)25/h2-13H,14H2,1H3/b20-12-. The minimum absolute atomic E-state index is 0.168. The molecular formula is C24H17BrClNO4. The Morgan fingerprint density at radius 1 is 1.10 bits per heavy atom. The summed E-state index contributed by atoms with van der Waals surface area (Å²) in [6, 6.07) is 20.6. The smallest absolute Gasteiger partial charge is 0.363 e. The maximum atomic E-state index is 12.3. The van der Waals surface area contributed by atoms with Crippen LogP contribution in [0.15, 0.2) is 81.9 Å². The second-order valence-electron chi connectivity index (χ2n) is 6.62. The summed E-state index contributed by atoms with van der Waals surface area (Å²) in [7, 11) is 1.53. The van der Waals surface area contributed by atoms with Crippen molar-refractivity contribution in [3.63, 3.8) is 0 Å². The van der Waals surface area contributed by atoms with E-state index < -0.39 is 5.97 Å². The first-order valence-electron chi connectivity index (χ1n) is 9.37. The maximum absolute atomic E-state index is 12.3. The molecule has 0 radical (unpaired) electrons. The van der Waals surface area contributed by atoms with E-state index in [1.165, 1.54) is 7.11 Å². The van der Waals surface area contributed by atoms with Gasteiger partial charge in [0.2, 0.25) is 5.90 Å². The van der Waals surface area contributed by atoms with Crippen LogP contribution in [0, 0.1) is 0 Å². The molecule has 0 unspecified atom stereocenters. The molecule has 156 valence electrons. The largest absolute Gasteiger partial charge is 0.493 e. The fourth-order valence-electron chi connectivity index (χ4n) is 3.01. The third kappa shape index (κ3) is 4.81. The highest BCUT2D eigenvalue weighted by atomic mass is 79.9. The number of esters is 1. The molecule has 4 rings (SSSR count). The van der Waals surface area contributed by atoms with Gasteiger partial charge in [0.05, 0.1) is 17.7 Å². The summed E-state index contributed by atoms with van der Waals surface area (Å²) in [5.41, 5.74) is 2.51. The van der Waals surface area contributed by atoms with Crippen LogP contribution < -0.4 is 9.47 Å². The molecule has 0 aliphatic carbocycles. The number of ether oxygens (including phenoxy) is 3. The Morgan fingerprint density at radius 3 is 2.58 bits per heavy atom. The lowest BCUT2D eigenvalue weighted by molar-refractivity contribution is -0.129. The Bertz CT molecular complexity index is 1190. The van der Waals surface area contributed by atoms with E-state index in [1.807, 2.05) is 54.6 Å². The Balaban J connectivity index is 1.61. The van der Waals surface area contributed by atoms with E-state index >= 15 is 0 Å². The molecule has 0 bridgehead atoms. The number of benzene rings is 3. The zero-order valence-electron chi connectivity index (χ0n) is 16.5. The normalized spacial score (nSPS) is 14.4. The highest BCUT2D eigenvalue weighted by molar-refractivity contribution is 9.10. The van der Waals surface area contributed by atoms with Crippen LogP contribution in [0.25, 0.3) is 6.08 Å². The third-order valence-corrected chi connectivity index (χ3v) is 5.48. The number of carbonyl (C=O) groups is 1. The van der Waals surface area contributed by atoms with E-state index in [2.05, 4.69) is 20.9 Å². The Kier molecular flexibility index (Phi) is 6.39. The Labute approximate surface area is 193 Å². The van der Waals surface area contributed by atoms with Gasteiger partial charge in [0.25, 0.3) is 0 Å². The summed E-state index contributed by atoms with van der Waals surface area (Å²) in [5, 5.41) is 0.364. The molecule has 0 aromatic heterocycles. The number of rotatable bonds is 6. The number of hydrogen-bond donors (Lipinski definition) is 0. The lowest BCUT2D eigenvalue weighted by Gasteiger charge is -2.13. The molecular weight excluding hydrogens is 482 g/mol. The SMILES string of the molecule is COc1cc(/C=C2\N=C(c3ccccc3Br)OC2=O)cc(Cl)c1OCc1ccccc1. The van der Waals surface area contributed by atoms with Gasteiger partial charge in [0.1, 0.15) is 6.61 Å². The van der Waals surface area contributed by atoms with Gasteiger partial charge in [-0.2, -0.15) is 0 Å². The average molecular weight is 499 g/mol. The van der Waals surface area contributed by atoms with Crippen molar-refractivity contribution in [1.82, 2.24) is 0 Å². The summed E-state index contributed by atoms with van der Waals surface area (Å²) in [6.45, 7) is 0.350. The van der Waals surface area contributed by atoms with Gasteiger partial charge in [-0.15, -0.1) is 0 Å². The molecule has 0 saturated carbocycles. The number of halogens is 2. The van der Waals surface area contributed by atoms with Crippen LogP contribution in [-0.2, 0) is 16.1 Å². The van der Waals surface area contributed by atoms with Gasteiger partial charge >= 0.3 is 5.97 Å². The topological polar surface area (TPSA) is 57.1 Å². The number of hydrogen-bond acceptors (Lipinski definition) is 5. The highest BCUT2D eigenvalue weighted by Crippen LogP contribution is 2.38. The van der Waals surface area contributed by atoms with Crippen molar-refractivity contribution in [2.24, 2.45) is 4.99 Å². The van der Waals surface area contributed by atoms with Crippen molar-refractivity contribution >= 4 is 45.5 Å². The molecule has 1 aliphatic heterocycles. The number of cyclic esters (lactones) is 1. The molecule has 0 amide bonds. The van der Waals surface area contributed by atoms with Gasteiger partial charge in [-0.25, -0.2) is 9.79 Å². The van der Waals surface area contributed by atoms with Crippen LogP contribution in [0.3, 0.4) is 0 Å². The van der Waals surface area contributed by atoms with E-state index in [0.29, 0.717) is 34.3 Å². The number of aliphatic imine (C=N–C) groups is 1. The van der Waals surface area contributed by atoms with E-state index in [4.69, 9.17) is 25.8 Å². The lowest BCUT2D eigenvalue weighted by atomic mass is 10.1. The monoisotopic (exact) mass is 497 g/mol. The molecule has 0 N–H and O–H groups in total. The van der Waals surface area contributed by atoms with Gasteiger partial charge in [0, 0.05) is 4.47 Å². The molecule has 0 spiro atoms. The van der Waals surface area contributed by atoms with Crippen molar-refractivity contribution in [3.8, 4) is 11.5 Å². The molecule has 0 saturated heterocycles. The van der Waals surface area contributed by atoms with Gasteiger partial charge in [-0.05, 0) is 57.4 Å². The number of nitrogens with zero attached hydrogens (tertiary/aromatic N) is 1. The first-order valence-corrected chi connectivity index (χ1v) is 10.5. The quantitative estimate of drug-likeness (QED) is 0.307. The van der Waals surface area contributed by atoms with E-state index in [-0.39, 0.29) is 11.6 Å². The Hall–Kier alpha value is -3.09. The predicted molar refractivity (Wildman–Crippen MR) is 124 cm³/mol. The minimum atomic E-state index is -0.537. The molecule has 31 heavy (non-hydrogen) atoms. The molecule has 3 aromatic rings. The van der Waals surface area contributed by atoms with Crippen molar-refractivity contribution in [2.75, 3.05) is 7.11 Å². The first-order chi connectivity index (χ1) is 15.0. The van der Waals surface area contributed by atoms with E-state index in [1.54, 1.807) is 18.2 Å². The molecule has 1 heterocycles. The van der Waals surface area contributed by atoms with Crippen LogP contribution in [0.5, 0.6) is 11.5 Å². The third-order valence-electron chi connectivity index (χ3n) is 4.51. The molecule has 1 aliphatic rings. The molecule has 0 atom stereocenters. The van der Waals surface area contributed by atoms with E-state index in [0.717, 1.165) is 10.0 Å². The second-order valence-corrected chi connectivity index (χ2v) is 7.89. The summed E-state index contributed by atoms with van der Waals surface area (Å²) in [4.78, 5) is 16.7. The molecule has 3 aromatic carbocycles. The van der Waals surface area contributed by atoms with Gasteiger partial charge in [-0.1, -0.05) is 54.1 Å². The number of methoxy groups -OCH3 is 1. The van der Waals surface area contributed by atoms with Gasteiger partial charge in [-0.3, -0.25) is 0 Å². The average Bonchev–Trinajstić information content (AvgIpc) is 3.13. The fraction of sp³-hybridized carbons (Fsp3) is 0.0833. The van der Waals surface area contributed by atoms with Crippen molar-refractivity contribution < 1.29 is 19.0 Å². The molecule has 5 nitrogen and oxygen atoms in total. The first kappa shape index (κ1) is 21.2. The van der Waals surface area contributed by atoms with Crippen molar-refractivity contribution in [2.45, 2.75) is 6.61 Å². The highest BCUT2D eigenvalue weighted by Gasteiger charge is 2.25. The Morgan fingerprint density at radius 2 is 1.84 bits per heavy atom. The fourth-order valence-corrected chi connectivity index (χ4v) is 3.74. The van der Waals surface area contributed by atoms with Crippen LogP contribution >= 0.6 is 27.5 Å². The maximum Gasteiger partial charge on any atom is 0.363 e. The number of carbonyl (C=O) groups excluding carboxylic acids is 1. The van der Waals surface area contributed by atoms with Crippen molar-refractivity contribution in [1.29, 1.82) is 0 Å². The summed E-state index contributed by atoms with van der Waals surface area (Å²) in [6.07, 6.45) is 1.60.